The minimum Gasteiger partial charge on any atom is -0.369 e. The van der Waals surface area contributed by atoms with Crippen molar-refractivity contribution < 1.29 is 9.53 Å². The Kier molecular flexibility index (Phi) is 4.10. The number of likely N-dealkylation sites (tertiary alicyclic amines) is 1. The number of aromatic nitrogens is 2. The lowest BCUT2D eigenvalue weighted by Gasteiger charge is -2.43. The van der Waals surface area contributed by atoms with Crippen LogP contribution in [0, 0.1) is 0 Å². The zero-order valence-electron chi connectivity index (χ0n) is 14.8. The van der Waals surface area contributed by atoms with Crippen molar-refractivity contribution in [3.8, 4) is 0 Å². The Hall–Kier alpha value is -1.70. The Morgan fingerprint density at radius 1 is 1.42 bits per heavy atom. The number of piperidine rings is 1. The average molecular weight is 372 g/mol. The van der Waals surface area contributed by atoms with Crippen molar-refractivity contribution in [1.29, 1.82) is 0 Å². The number of fused-ring (bicyclic) bond motifs is 2. The van der Waals surface area contributed by atoms with Crippen molar-refractivity contribution in [2.24, 2.45) is 0 Å². The van der Waals surface area contributed by atoms with Gasteiger partial charge in [0.15, 0.2) is 0 Å². The van der Waals surface area contributed by atoms with Crippen molar-refractivity contribution >= 4 is 17.2 Å². The summed E-state index contributed by atoms with van der Waals surface area (Å²) in [5, 5.41) is 3.11. The molecule has 0 aromatic carbocycles. The van der Waals surface area contributed by atoms with Crippen LogP contribution in [0.25, 0.3) is 0 Å². The Bertz CT molecular complexity index is 789. The van der Waals surface area contributed by atoms with E-state index >= 15 is 0 Å². The molecule has 5 rings (SSSR count). The molecule has 1 amide bonds. The topological polar surface area (TPSA) is 70.2 Å². The first-order chi connectivity index (χ1) is 12.7. The van der Waals surface area contributed by atoms with Gasteiger partial charge in [0.2, 0.25) is 0 Å². The second-order valence-corrected chi connectivity index (χ2v) is 8.67. The van der Waals surface area contributed by atoms with Crippen LogP contribution in [0.5, 0.6) is 0 Å². The number of nitrogens with one attached hydrogen (secondary N) is 2. The lowest BCUT2D eigenvalue weighted by atomic mass is 9.85. The van der Waals surface area contributed by atoms with E-state index in [1.165, 1.54) is 10.4 Å². The number of carbonyl (C=O) groups is 1. The van der Waals surface area contributed by atoms with E-state index in [1.54, 1.807) is 17.5 Å². The van der Waals surface area contributed by atoms with Gasteiger partial charge in [-0.15, -0.1) is 11.3 Å². The van der Waals surface area contributed by atoms with E-state index in [4.69, 9.17) is 4.74 Å². The molecule has 2 fully saturated rings. The number of thiophene rings is 1. The van der Waals surface area contributed by atoms with Crippen molar-refractivity contribution in [3.05, 3.63) is 39.6 Å². The molecule has 0 atom stereocenters. The first-order valence-corrected chi connectivity index (χ1v) is 10.3. The molecule has 2 aliphatic heterocycles. The number of amides is 1. The fourth-order valence-electron chi connectivity index (χ4n) is 4.06. The fraction of sp³-hybridized carbons (Fsp3) is 0.579. The van der Waals surface area contributed by atoms with Gasteiger partial charge < -0.3 is 15.0 Å². The smallest absolute Gasteiger partial charge is 0.261 e. The number of nitrogens with zero attached hydrogens (tertiary/aromatic N) is 2. The number of carbonyl (C=O) groups excluding carboxylic acids is 1. The maximum Gasteiger partial charge on any atom is 0.261 e. The number of hydrogen-bond acceptors (Lipinski definition) is 5. The summed E-state index contributed by atoms with van der Waals surface area (Å²) in [6, 6.07) is 2.51. The molecule has 0 bridgehead atoms. The van der Waals surface area contributed by atoms with Crippen LogP contribution in [0.2, 0.25) is 0 Å². The second-order valence-electron chi connectivity index (χ2n) is 7.62. The summed E-state index contributed by atoms with van der Waals surface area (Å²) in [5.41, 5.74) is 1.12. The van der Waals surface area contributed by atoms with Crippen LogP contribution in [0.3, 0.4) is 0 Å². The summed E-state index contributed by atoms with van der Waals surface area (Å²) in [6.45, 7) is 3.59. The molecule has 1 saturated heterocycles. The number of rotatable bonds is 4. The summed E-state index contributed by atoms with van der Waals surface area (Å²) >= 11 is 1.65. The number of hydrogen-bond donors (Lipinski definition) is 2. The molecule has 0 unspecified atom stereocenters. The van der Waals surface area contributed by atoms with Crippen LogP contribution >= 0.6 is 11.3 Å². The quantitative estimate of drug-likeness (QED) is 0.865. The van der Waals surface area contributed by atoms with Crippen molar-refractivity contribution in [2.75, 3.05) is 19.7 Å². The summed E-state index contributed by atoms with van der Waals surface area (Å²) in [6.07, 6.45) is 8.79. The van der Waals surface area contributed by atoms with Crippen molar-refractivity contribution in [1.82, 2.24) is 20.2 Å². The molecule has 1 aliphatic carbocycles. The maximum absolute atomic E-state index is 12.5. The van der Waals surface area contributed by atoms with Crippen molar-refractivity contribution in [3.63, 3.8) is 0 Å². The highest BCUT2D eigenvalue weighted by molar-refractivity contribution is 7.14. The maximum atomic E-state index is 12.5. The number of aromatic amines is 1. The van der Waals surface area contributed by atoms with E-state index in [1.807, 2.05) is 6.20 Å². The number of imidazole rings is 1. The molecule has 26 heavy (non-hydrogen) atoms. The van der Waals surface area contributed by atoms with Gasteiger partial charge >= 0.3 is 0 Å². The van der Waals surface area contributed by atoms with Crippen LogP contribution in [0.15, 0.2) is 18.5 Å². The normalized spacial score (nSPS) is 22.3. The molecule has 0 radical (unpaired) electrons. The van der Waals surface area contributed by atoms with E-state index in [2.05, 4.69) is 26.3 Å². The SMILES string of the molecule is O=C(NC1CC1)c1cc2c(s1)C1(CCN(Cc3ncc[nH]3)CC1)OCC2. The molecule has 1 saturated carbocycles. The molecule has 2 aromatic rings. The van der Waals surface area contributed by atoms with Gasteiger partial charge in [0.1, 0.15) is 11.4 Å². The monoisotopic (exact) mass is 372 g/mol. The molecule has 3 aliphatic rings. The van der Waals surface area contributed by atoms with Gasteiger partial charge in [-0.25, -0.2) is 4.98 Å². The van der Waals surface area contributed by atoms with E-state index in [9.17, 15) is 4.79 Å². The summed E-state index contributed by atoms with van der Waals surface area (Å²) < 4.78 is 6.33. The number of ether oxygens (including phenoxy) is 1. The highest BCUT2D eigenvalue weighted by atomic mass is 32.1. The van der Waals surface area contributed by atoms with Crippen LogP contribution in [0.4, 0.5) is 0 Å². The van der Waals surface area contributed by atoms with Gasteiger partial charge in [0.25, 0.3) is 5.91 Å². The van der Waals surface area contributed by atoms with Gasteiger partial charge in [-0.2, -0.15) is 0 Å². The minimum atomic E-state index is -0.198. The fourth-order valence-corrected chi connectivity index (χ4v) is 5.37. The van der Waals surface area contributed by atoms with Gasteiger partial charge in [0, 0.05) is 36.4 Å². The third-order valence-electron chi connectivity index (χ3n) is 5.70. The summed E-state index contributed by atoms with van der Waals surface area (Å²) in [5.74, 6) is 1.11. The minimum absolute atomic E-state index is 0.0947. The molecule has 1 spiro atoms. The van der Waals surface area contributed by atoms with Crippen LogP contribution < -0.4 is 5.32 Å². The van der Waals surface area contributed by atoms with E-state index < -0.39 is 0 Å². The lowest BCUT2D eigenvalue weighted by Crippen LogP contribution is -2.45. The Morgan fingerprint density at radius 3 is 3.00 bits per heavy atom. The van der Waals surface area contributed by atoms with Crippen molar-refractivity contribution in [2.45, 2.75) is 50.3 Å². The highest BCUT2D eigenvalue weighted by Gasteiger charge is 2.43. The first kappa shape index (κ1) is 16.5. The van der Waals surface area contributed by atoms with Gasteiger partial charge in [-0.1, -0.05) is 0 Å². The number of H-pyrrole nitrogens is 1. The van der Waals surface area contributed by atoms with Crippen LogP contribution in [-0.2, 0) is 23.3 Å². The van der Waals surface area contributed by atoms with E-state index in [0.717, 1.165) is 69.0 Å². The first-order valence-electron chi connectivity index (χ1n) is 9.50. The highest BCUT2D eigenvalue weighted by Crippen LogP contribution is 2.45. The predicted octanol–water partition coefficient (Wildman–Crippen LogP) is 2.43. The molecular weight excluding hydrogens is 348 g/mol. The van der Waals surface area contributed by atoms with Gasteiger partial charge in [-0.05, 0) is 43.7 Å². The molecule has 7 heteroatoms. The molecule has 138 valence electrons. The molecule has 6 nitrogen and oxygen atoms in total. The Morgan fingerprint density at radius 2 is 2.27 bits per heavy atom. The molecular formula is C19H24N4O2S. The lowest BCUT2D eigenvalue weighted by molar-refractivity contribution is -0.0962. The zero-order chi connectivity index (χ0) is 17.6. The molecule has 2 N–H and O–H groups in total. The standard InChI is InChI=1S/C19H24N4O2S/c24-18(22-14-1-2-14)15-11-13-3-10-25-19(17(13)26-15)4-8-23(9-5-19)12-16-20-6-7-21-16/h6-7,11,14H,1-5,8-10,12H2,(H,20,21)(H,22,24). The largest absolute Gasteiger partial charge is 0.369 e. The van der Waals surface area contributed by atoms with E-state index in [-0.39, 0.29) is 11.5 Å². The van der Waals surface area contributed by atoms with Crippen LogP contribution in [-0.4, -0.2) is 46.5 Å². The van der Waals surface area contributed by atoms with E-state index in [0.29, 0.717) is 6.04 Å². The third kappa shape index (κ3) is 3.08. The van der Waals surface area contributed by atoms with Gasteiger partial charge in [0.05, 0.1) is 18.0 Å². The average Bonchev–Trinajstić information content (AvgIpc) is 3.13. The second kappa shape index (κ2) is 6.48. The predicted molar refractivity (Wildman–Crippen MR) is 99.2 cm³/mol. The molecule has 4 heterocycles. The van der Waals surface area contributed by atoms with Gasteiger partial charge in [-0.3, -0.25) is 9.69 Å². The zero-order valence-corrected chi connectivity index (χ0v) is 15.6. The molecule has 2 aromatic heterocycles. The summed E-state index contributed by atoms with van der Waals surface area (Å²) in [4.78, 5) is 24.5. The Balaban J connectivity index is 1.31. The third-order valence-corrected chi connectivity index (χ3v) is 7.06. The summed E-state index contributed by atoms with van der Waals surface area (Å²) in [7, 11) is 0. The Labute approximate surface area is 157 Å². The van der Waals surface area contributed by atoms with Crippen LogP contribution in [0.1, 0.15) is 51.6 Å².